The molecule has 19 heavy (non-hydrogen) atoms. The van der Waals surface area contributed by atoms with Crippen LogP contribution in [-0.4, -0.2) is 43.8 Å². The van der Waals surface area contributed by atoms with Gasteiger partial charge in [-0.15, -0.1) is 0 Å². The van der Waals surface area contributed by atoms with Crippen LogP contribution in [0.25, 0.3) is 0 Å². The van der Waals surface area contributed by atoms with Gasteiger partial charge in [-0.05, 0) is 24.1 Å². The maximum Gasteiger partial charge on any atom is 0.320 e. The minimum Gasteiger partial charge on any atom is -0.480 e. The summed E-state index contributed by atoms with van der Waals surface area (Å²) < 4.78 is 4.78. The summed E-state index contributed by atoms with van der Waals surface area (Å²) >= 11 is 0. The molecule has 0 aliphatic heterocycles. The van der Waals surface area contributed by atoms with E-state index in [1.807, 2.05) is 0 Å². The van der Waals surface area contributed by atoms with E-state index < -0.39 is 12.0 Å². The first-order valence-corrected chi connectivity index (χ1v) is 5.78. The number of methoxy groups -OCH3 is 1. The predicted molar refractivity (Wildman–Crippen MR) is 71.0 cm³/mol. The summed E-state index contributed by atoms with van der Waals surface area (Å²) in [6.07, 6.45) is 0.218. The first-order chi connectivity index (χ1) is 8.95. The molecule has 0 bridgehead atoms. The van der Waals surface area contributed by atoms with Crippen LogP contribution in [0.15, 0.2) is 24.3 Å². The van der Waals surface area contributed by atoms with Crippen LogP contribution in [0.1, 0.15) is 5.56 Å². The number of amides is 1. The summed E-state index contributed by atoms with van der Waals surface area (Å²) in [7, 11) is 3.09. The summed E-state index contributed by atoms with van der Waals surface area (Å²) in [4.78, 5) is 23.8. The fourth-order valence-corrected chi connectivity index (χ4v) is 1.60. The molecule has 6 heteroatoms. The normalized spacial score (nSPS) is 11.9. The maximum atomic E-state index is 11.7. The van der Waals surface area contributed by atoms with Crippen molar-refractivity contribution in [1.82, 2.24) is 0 Å². The van der Waals surface area contributed by atoms with Crippen molar-refractivity contribution in [3.05, 3.63) is 29.8 Å². The number of rotatable bonds is 6. The summed E-state index contributed by atoms with van der Waals surface area (Å²) in [5, 5.41) is 8.77. The predicted octanol–water partition coefficient (Wildman–Crippen LogP) is 0.250. The van der Waals surface area contributed by atoms with Crippen molar-refractivity contribution in [3.8, 4) is 0 Å². The van der Waals surface area contributed by atoms with Crippen LogP contribution in [0.2, 0.25) is 0 Å². The van der Waals surface area contributed by atoms with Gasteiger partial charge >= 0.3 is 5.97 Å². The standard InChI is InChI=1S/C13H18N2O4/c1-15(12(16)8-19-2)10-5-3-4-9(6-10)7-11(14)13(17)18/h3-6,11H,7-8,14H2,1-2H3,(H,17,18). The fraction of sp³-hybridized carbons (Fsp3) is 0.385. The summed E-state index contributed by atoms with van der Waals surface area (Å²) in [6, 6.07) is 6.10. The molecular formula is C13H18N2O4. The molecule has 0 radical (unpaired) electrons. The molecular weight excluding hydrogens is 248 g/mol. The number of aliphatic carboxylic acids is 1. The molecule has 0 aliphatic rings. The Labute approximate surface area is 111 Å². The lowest BCUT2D eigenvalue weighted by Gasteiger charge is -2.18. The first-order valence-electron chi connectivity index (χ1n) is 5.78. The number of benzene rings is 1. The van der Waals surface area contributed by atoms with E-state index in [0.29, 0.717) is 5.69 Å². The largest absolute Gasteiger partial charge is 0.480 e. The fourth-order valence-electron chi connectivity index (χ4n) is 1.60. The van der Waals surface area contributed by atoms with Crippen molar-refractivity contribution in [2.75, 3.05) is 25.7 Å². The summed E-state index contributed by atoms with van der Waals surface area (Å²) in [5.74, 6) is -1.23. The number of nitrogens with zero attached hydrogens (tertiary/aromatic N) is 1. The van der Waals surface area contributed by atoms with Crippen molar-refractivity contribution in [3.63, 3.8) is 0 Å². The van der Waals surface area contributed by atoms with Gasteiger partial charge in [0.2, 0.25) is 0 Å². The van der Waals surface area contributed by atoms with Gasteiger partial charge in [-0.3, -0.25) is 9.59 Å². The number of carbonyl (C=O) groups excluding carboxylic acids is 1. The molecule has 1 rings (SSSR count). The van der Waals surface area contributed by atoms with Crippen molar-refractivity contribution in [2.24, 2.45) is 5.73 Å². The van der Waals surface area contributed by atoms with Gasteiger partial charge in [0.1, 0.15) is 12.6 Å². The molecule has 1 atom stereocenters. The van der Waals surface area contributed by atoms with Crippen LogP contribution in [-0.2, 0) is 20.7 Å². The van der Waals surface area contributed by atoms with Gasteiger partial charge in [-0.1, -0.05) is 12.1 Å². The average Bonchev–Trinajstić information content (AvgIpc) is 2.38. The molecule has 0 heterocycles. The molecule has 0 fully saturated rings. The van der Waals surface area contributed by atoms with Crippen LogP contribution in [0.4, 0.5) is 5.69 Å². The molecule has 0 aliphatic carbocycles. The molecule has 0 saturated heterocycles. The Morgan fingerprint density at radius 2 is 2.16 bits per heavy atom. The number of nitrogens with two attached hydrogens (primary N) is 1. The number of likely N-dealkylation sites (N-methyl/N-ethyl adjacent to an activating group) is 1. The van der Waals surface area contributed by atoms with Gasteiger partial charge in [0.25, 0.3) is 5.91 Å². The molecule has 0 aromatic heterocycles. The highest BCUT2D eigenvalue weighted by Crippen LogP contribution is 2.16. The van der Waals surface area contributed by atoms with Gasteiger partial charge in [-0.2, -0.15) is 0 Å². The number of anilines is 1. The van der Waals surface area contributed by atoms with Gasteiger partial charge in [0.05, 0.1) is 0 Å². The zero-order chi connectivity index (χ0) is 14.4. The molecule has 1 aromatic carbocycles. The second-order valence-corrected chi connectivity index (χ2v) is 4.20. The topological polar surface area (TPSA) is 92.9 Å². The number of carboxylic acid groups (broad SMARTS) is 1. The Morgan fingerprint density at radius 3 is 2.74 bits per heavy atom. The number of hydrogen-bond acceptors (Lipinski definition) is 4. The Kier molecular flexibility index (Phi) is 5.47. The zero-order valence-electron chi connectivity index (χ0n) is 11.0. The lowest BCUT2D eigenvalue weighted by Crippen LogP contribution is -2.32. The van der Waals surface area contributed by atoms with E-state index in [1.165, 1.54) is 12.0 Å². The molecule has 1 amide bonds. The third kappa shape index (κ3) is 4.35. The Balaban J connectivity index is 2.82. The van der Waals surface area contributed by atoms with E-state index in [4.69, 9.17) is 15.6 Å². The summed E-state index contributed by atoms with van der Waals surface area (Å²) in [6.45, 7) is -0.00460. The third-order valence-electron chi connectivity index (χ3n) is 2.71. The van der Waals surface area contributed by atoms with Crippen LogP contribution < -0.4 is 10.6 Å². The number of hydrogen-bond donors (Lipinski definition) is 2. The van der Waals surface area contributed by atoms with Gasteiger partial charge in [-0.25, -0.2) is 0 Å². The Morgan fingerprint density at radius 1 is 1.47 bits per heavy atom. The molecule has 1 aromatic rings. The zero-order valence-corrected chi connectivity index (χ0v) is 11.0. The van der Waals surface area contributed by atoms with E-state index in [-0.39, 0.29) is 18.9 Å². The van der Waals surface area contributed by atoms with Crippen LogP contribution in [0.5, 0.6) is 0 Å². The number of carboxylic acids is 1. The molecule has 1 unspecified atom stereocenters. The van der Waals surface area contributed by atoms with E-state index in [2.05, 4.69) is 0 Å². The quantitative estimate of drug-likeness (QED) is 0.770. The second kappa shape index (κ2) is 6.86. The second-order valence-electron chi connectivity index (χ2n) is 4.20. The van der Waals surface area contributed by atoms with Crippen molar-refractivity contribution >= 4 is 17.6 Å². The Hall–Kier alpha value is -1.92. The molecule has 104 valence electrons. The van der Waals surface area contributed by atoms with E-state index >= 15 is 0 Å². The first kappa shape index (κ1) is 15.1. The number of ether oxygens (including phenoxy) is 1. The van der Waals surface area contributed by atoms with Crippen molar-refractivity contribution in [2.45, 2.75) is 12.5 Å². The van der Waals surface area contributed by atoms with Crippen molar-refractivity contribution in [1.29, 1.82) is 0 Å². The highest BCUT2D eigenvalue weighted by molar-refractivity contribution is 5.93. The Bertz CT molecular complexity index is 462. The highest BCUT2D eigenvalue weighted by atomic mass is 16.5. The van der Waals surface area contributed by atoms with Crippen LogP contribution in [0.3, 0.4) is 0 Å². The van der Waals surface area contributed by atoms with Gasteiger partial charge in [0, 0.05) is 19.8 Å². The minimum absolute atomic E-state index is 0.00460. The monoisotopic (exact) mass is 266 g/mol. The lowest BCUT2D eigenvalue weighted by molar-refractivity contribution is -0.138. The minimum atomic E-state index is -1.05. The molecule has 0 saturated carbocycles. The average molecular weight is 266 g/mol. The summed E-state index contributed by atoms with van der Waals surface area (Å²) in [5.41, 5.74) is 6.93. The smallest absolute Gasteiger partial charge is 0.320 e. The molecule has 3 N–H and O–H groups in total. The van der Waals surface area contributed by atoms with Crippen LogP contribution >= 0.6 is 0 Å². The molecule has 0 spiro atoms. The van der Waals surface area contributed by atoms with Crippen molar-refractivity contribution < 1.29 is 19.4 Å². The maximum absolute atomic E-state index is 11.7. The number of carbonyl (C=O) groups is 2. The van der Waals surface area contributed by atoms with E-state index in [9.17, 15) is 9.59 Å². The lowest BCUT2D eigenvalue weighted by atomic mass is 10.1. The molecule has 6 nitrogen and oxygen atoms in total. The van der Waals surface area contributed by atoms with E-state index in [0.717, 1.165) is 5.56 Å². The van der Waals surface area contributed by atoms with E-state index in [1.54, 1.807) is 31.3 Å². The SMILES string of the molecule is COCC(=O)N(C)c1cccc(CC(N)C(=O)O)c1. The van der Waals surface area contributed by atoms with Crippen LogP contribution in [0, 0.1) is 0 Å². The van der Waals surface area contributed by atoms with Gasteiger partial charge < -0.3 is 20.5 Å². The van der Waals surface area contributed by atoms with Gasteiger partial charge in [0.15, 0.2) is 0 Å². The highest BCUT2D eigenvalue weighted by Gasteiger charge is 2.14. The third-order valence-corrected chi connectivity index (χ3v) is 2.71.